The van der Waals surface area contributed by atoms with Gasteiger partial charge >= 0.3 is 5.97 Å². The molecule has 0 aliphatic rings. The Kier molecular flexibility index (Phi) is 5.93. The van der Waals surface area contributed by atoms with Crippen molar-refractivity contribution >= 4 is 34.3 Å². The van der Waals surface area contributed by atoms with Crippen molar-refractivity contribution in [3.63, 3.8) is 0 Å². The van der Waals surface area contributed by atoms with Crippen LogP contribution in [0.15, 0.2) is 28.7 Å². The average molecular weight is 334 g/mol. The molecule has 122 valence electrons. The number of aromatic nitrogens is 1. The van der Waals surface area contributed by atoms with Crippen molar-refractivity contribution in [2.24, 2.45) is 5.10 Å². The van der Waals surface area contributed by atoms with Gasteiger partial charge < -0.3 is 15.2 Å². The fourth-order valence-corrected chi connectivity index (χ4v) is 2.52. The highest BCUT2D eigenvalue weighted by molar-refractivity contribution is 7.13. The van der Waals surface area contributed by atoms with Gasteiger partial charge in [-0.15, -0.1) is 11.3 Å². The number of aromatic hydroxyl groups is 1. The summed E-state index contributed by atoms with van der Waals surface area (Å²) < 4.78 is 4.87. The molecule has 0 radical (unpaired) electrons. The van der Waals surface area contributed by atoms with Crippen LogP contribution in [0.25, 0.3) is 0 Å². The van der Waals surface area contributed by atoms with E-state index in [1.165, 1.54) is 17.6 Å². The molecule has 0 fully saturated rings. The number of phenolic OH excluding ortho intramolecular Hbond substituents is 1. The number of benzene rings is 1. The summed E-state index contributed by atoms with van der Waals surface area (Å²) in [7, 11) is 1.77. The second kappa shape index (κ2) is 8.14. The molecule has 0 saturated carbocycles. The van der Waals surface area contributed by atoms with E-state index < -0.39 is 0 Å². The number of nitrogens with one attached hydrogen (secondary N) is 2. The van der Waals surface area contributed by atoms with Crippen LogP contribution in [0.4, 0.5) is 10.8 Å². The second-order valence-electron chi connectivity index (χ2n) is 4.48. The third-order valence-electron chi connectivity index (χ3n) is 2.89. The Morgan fingerprint density at radius 2 is 2.35 bits per heavy atom. The van der Waals surface area contributed by atoms with E-state index in [4.69, 9.17) is 4.74 Å². The van der Waals surface area contributed by atoms with Gasteiger partial charge in [-0.2, -0.15) is 5.10 Å². The van der Waals surface area contributed by atoms with Crippen molar-refractivity contribution in [2.75, 3.05) is 24.4 Å². The highest BCUT2D eigenvalue weighted by Gasteiger charge is 2.08. The monoisotopic (exact) mass is 334 g/mol. The Bertz CT molecular complexity index is 700. The zero-order valence-electron chi connectivity index (χ0n) is 12.9. The normalized spacial score (nSPS) is 10.7. The van der Waals surface area contributed by atoms with Crippen molar-refractivity contribution < 1.29 is 14.6 Å². The maximum Gasteiger partial charge on any atom is 0.311 e. The number of nitrogens with zero attached hydrogens (tertiary/aromatic N) is 2. The van der Waals surface area contributed by atoms with Gasteiger partial charge in [0.25, 0.3) is 0 Å². The maximum atomic E-state index is 11.4. The summed E-state index contributed by atoms with van der Waals surface area (Å²) in [5.41, 5.74) is 4.75. The molecule has 1 aromatic carbocycles. The minimum atomic E-state index is -0.305. The first-order valence-corrected chi connectivity index (χ1v) is 7.90. The molecule has 0 atom stereocenters. The summed E-state index contributed by atoms with van der Waals surface area (Å²) in [4.78, 5) is 15.6. The maximum absolute atomic E-state index is 11.4. The molecule has 0 aliphatic heterocycles. The first kappa shape index (κ1) is 16.8. The second-order valence-corrected chi connectivity index (χ2v) is 5.34. The van der Waals surface area contributed by atoms with E-state index in [0.29, 0.717) is 23.0 Å². The SMILES string of the molecule is CCOC(=O)Cc1csc(NN=Cc2c(O)cccc2NC)n1. The summed E-state index contributed by atoms with van der Waals surface area (Å²) in [5.74, 6) is -0.176. The highest BCUT2D eigenvalue weighted by atomic mass is 32.1. The number of hydrogen-bond donors (Lipinski definition) is 3. The van der Waals surface area contributed by atoms with Crippen molar-refractivity contribution in [1.29, 1.82) is 0 Å². The van der Waals surface area contributed by atoms with Gasteiger partial charge in [0.05, 0.1) is 30.5 Å². The molecule has 0 unspecified atom stereocenters. The summed E-state index contributed by atoms with van der Waals surface area (Å²) in [5, 5.41) is 19.2. The third-order valence-corrected chi connectivity index (χ3v) is 3.68. The van der Waals surface area contributed by atoms with Crippen LogP contribution in [0, 0.1) is 0 Å². The number of phenols is 1. The highest BCUT2D eigenvalue weighted by Crippen LogP contribution is 2.23. The van der Waals surface area contributed by atoms with E-state index in [-0.39, 0.29) is 18.1 Å². The van der Waals surface area contributed by atoms with Gasteiger partial charge in [0.1, 0.15) is 5.75 Å². The van der Waals surface area contributed by atoms with Crippen molar-refractivity contribution in [3.05, 3.63) is 34.8 Å². The molecular formula is C15H18N4O3S. The molecule has 0 aliphatic carbocycles. The van der Waals surface area contributed by atoms with Gasteiger partial charge in [-0.25, -0.2) is 4.98 Å². The predicted octanol–water partition coefficient (Wildman–Crippen LogP) is 2.44. The van der Waals surface area contributed by atoms with Crippen molar-refractivity contribution in [2.45, 2.75) is 13.3 Å². The van der Waals surface area contributed by atoms with Crippen LogP contribution in [0.3, 0.4) is 0 Å². The Morgan fingerprint density at radius 1 is 1.52 bits per heavy atom. The van der Waals surface area contributed by atoms with Crippen LogP contribution in [-0.4, -0.2) is 35.9 Å². The molecule has 0 spiro atoms. The Balaban J connectivity index is 1.99. The molecule has 23 heavy (non-hydrogen) atoms. The number of carbonyl (C=O) groups is 1. The smallest absolute Gasteiger partial charge is 0.311 e. The van der Waals surface area contributed by atoms with E-state index in [2.05, 4.69) is 20.8 Å². The summed E-state index contributed by atoms with van der Waals surface area (Å²) in [6.45, 7) is 2.12. The third kappa shape index (κ3) is 4.68. The number of hydrazone groups is 1. The zero-order valence-corrected chi connectivity index (χ0v) is 13.7. The average Bonchev–Trinajstić information content (AvgIpc) is 2.96. The van der Waals surface area contributed by atoms with Gasteiger partial charge in [0.15, 0.2) is 0 Å². The van der Waals surface area contributed by atoms with E-state index in [1.807, 2.05) is 6.07 Å². The molecule has 7 nitrogen and oxygen atoms in total. The zero-order chi connectivity index (χ0) is 16.7. The first-order chi connectivity index (χ1) is 11.1. The van der Waals surface area contributed by atoms with Crippen LogP contribution >= 0.6 is 11.3 Å². The molecule has 0 saturated heterocycles. The van der Waals surface area contributed by atoms with Crippen LogP contribution in [0.1, 0.15) is 18.2 Å². The van der Waals surface area contributed by atoms with Gasteiger partial charge in [0, 0.05) is 18.1 Å². The quantitative estimate of drug-likeness (QED) is 0.409. The molecule has 8 heteroatoms. The van der Waals surface area contributed by atoms with E-state index in [0.717, 1.165) is 5.69 Å². The van der Waals surface area contributed by atoms with Gasteiger partial charge in [-0.1, -0.05) is 6.07 Å². The lowest BCUT2D eigenvalue weighted by Gasteiger charge is -2.06. The lowest BCUT2D eigenvalue weighted by molar-refractivity contribution is -0.142. The fourth-order valence-electron chi connectivity index (χ4n) is 1.86. The fraction of sp³-hybridized carbons (Fsp3) is 0.267. The summed E-state index contributed by atoms with van der Waals surface area (Å²) in [6.07, 6.45) is 1.65. The Hall–Kier alpha value is -2.61. The number of rotatable bonds is 7. The standard InChI is InChI=1S/C15H18N4O3S/c1-3-22-14(21)7-10-9-23-15(18-10)19-17-8-11-12(16-2)5-4-6-13(11)20/h4-6,8-9,16,20H,3,7H2,1-2H3,(H,18,19). The van der Waals surface area contributed by atoms with Crippen LogP contribution in [0.2, 0.25) is 0 Å². The van der Waals surface area contributed by atoms with Crippen LogP contribution in [0.5, 0.6) is 5.75 Å². The molecule has 0 amide bonds. The Morgan fingerprint density at radius 3 is 3.09 bits per heavy atom. The topological polar surface area (TPSA) is 95.8 Å². The summed E-state index contributed by atoms with van der Waals surface area (Å²) in [6, 6.07) is 5.17. The molecule has 0 bridgehead atoms. The van der Waals surface area contributed by atoms with Gasteiger partial charge in [-0.05, 0) is 19.1 Å². The van der Waals surface area contributed by atoms with Crippen LogP contribution in [-0.2, 0) is 16.0 Å². The first-order valence-electron chi connectivity index (χ1n) is 7.02. The van der Waals surface area contributed by atoms with Crippen molar-refractivity contribution in [3.8, 4) is 5.75 Å². The van der Waals surface area contributed by atoms with E-state index >= 15 is 0 Å². The van der Waals surface area contributed by atoms with E-state index in [9.17, 15) is 9.90 Å². The number of hydrogen-bond acceptors (Lipinski definition) is 8. The molecule has 3 N–H and O–H groups in total. The number of esters is 1. The Labute approximate surface area is 138 Å². The number of ether oxygens (including phenoxy) is 1. The number of anilines is 2. The van der Waals surface area contributed by atoms with Crippen LogP contribution < -0.4 is 10.7 Å². The largest absolute Gasteiger partial charge is 0.507 e. The molecular weight excluding hydrogens is 316 g/mol. The van der Waals surface area contributed by atoms with E-state index in [1.54, 1.807) is 31.5 Å². The van der Waals surface area contributed by atoms with Gasteiger partial charge in [-0.3, -0.25) is 10.2 Å². The molecule has 1 aromatic heterocycles. The summed E-state index contributed by atoms with van der Waals surface area (Å²) >= 11 is 1.34. The lowest BCUT2D eigenvalue weighted by atomic mass is 10.2. The molecule has 2 aromatic rings. The molecule has 2 rings (SSSR count). The number of carbonyl (C=O) groups excluding carboxylic acids is 1. The minimum Gasteiger partial charge on any atom is -0.507 e. The molecule has 1 heterocycles. The van der Waals surface area contributed by atoms with Crippen molar-refractivity contribution in [1.82, 2.24) is 4.98 Å². The predicted molar refractivity (Wildman–Crippen MR) is 91.3 cm³/mol. The minimum absolute atomic E-state index is 0.129. The number of thiazole rings is 1. The lowest BCUT2D eigenvalue weighted by Crippen LogP contribution is -2.07. The van der Waals surface area contributed by atoms with Gasteiger partial charge in [0.2, 0.25) is 5.13 Å².